The molecule has 2 heterocycles. The monoisotopic (exact) mass is 479 g/mol. The van der Waals surface area contributed by atoms with Crippen molar-refractivity contribution >= 4 is 28.2 Å². The minimum absolute atomic E-state index is 0.0736. The summed E-state index contributed by atoms with van der Waals surface area (Å²) in [5.41, 5.74) is 1.69. The number of fused-ring (bicyclic) bond motifs is 1. The number of aliphatic hydroxyl groups excluding tert-OH is 1. The number of nitro groups is 1. The number of nitrogens with one attached hydrogen (secondary N) is 2. The van der Waals surface area contributed by atoms with Crippen LogP contribution >= 0.6 is 0 Å². The SMILES string of the molecule is COc1ccc2nccc(C(O)CN3CCC(NCC(=O)Nc4ccccc4[N+](=O)[O-])CC3)c2c1. The Hall–Kier alpha value is -3.60. The number of piperidine rings is 1. The lowest BCUT2D eigenvalue weighted by Crippen LogP contribution is -2.45. The first kappa shape index (κ1) is 24.5. The fraction of sp³-hybridized carbons (Fsp3) is 0.360. The highest BCUT2D eigenvalue weighted by Gasteiger charge is 2.23. The van der Waals surface area contributed by atoms with Crippen molar-refractivity contribution in [2.45, 2.75) is 25.0 Å². The van der Waals surface area contributed by atoms with Crippen molar-refractivity contribution in [2.75, 3.05) is 38.6 Å². The van der Waals surface area contributed by atoms with Gasteiger partial charge in [0.15, 0.2) is 0 Å². The van der Waals surface area contributed by atoms with Crippen LogP contribution in [0.4, 0.5) is 11.4 Å². The first-order valence-electron chi connectivity index (χ1n) is 11.5. The van der Waals surface area contributed by atoms with Crippen molar-refractivity contribution in [2.24, 2.45) is 0 Å². The Morgan fingerprint density at radius 1 is 1.26 bits per heavy atom. The summed E-state index contributed by atoms with van der Waals surface area (Å²) in [6, 6.07) is 13.7. The van der Waals surface area contributed by atoms with E-state index >= 15 is 0 Å². The molecule has 1 aliphatic heterocycles. The van der Waals surface area contributed by atoms with E-state index in [1.807, 2.05) is 24.3 Å². The average molecular weight is 480 g/mol. The summed E-state index contributed by atoms with van der Waals surface area (Å²) in [6.45, 7) is 2.14. The molecular formula is C25H29N5O5. The number of ether oxygens (including phenoxy) is 1. The molecule has 35 heavy (non-hydrogen) atoms. The summed E-state index contributed by atoms with van der Waals surface area (Å²) in [4.78, 5) is 29.5. The fourth-order valence-corrected chi connectivity index (χ4v) is 4.40. The van der Waals surface area contributed by atoms with Crippen LogP contribution in [0.15, 0.2) is 54.7 Å². The largest absolute Gasteiger partial charge is 0.497 e. The Bertz CT molecular complexity index is 1200. The third-order valence-corrected chi connectivity index (χ3v) is 6.29. The number of likely N-dealkylation sites (tertiary alicyclic amines) is 1. The van der Waals surface area contributed by atoms with Gasteiger partial charge in [-0.1, -0.05) is 12.1 Å². The molecule has 4 rings (SSSR count). The van der Waals surface area contributed by atoms with Gasteiger partial charge in [-0.25, -0.2) is 0 Å². The number of rotatable bonds is 9. The molecule has 184 valence electrons. The lowest BCUT2D eigenvalue weighted by Gasteiger charge is -2.33. The normalized spacial score (nSPS) is 15.6. The second-order valence-corrected chi connectivity index (χ2v) is 8.58. The minimum atomic E-state index is -0.662. The molecule has 0 aliphatic carbocycles. The molecule has 3 N–H and O–H groups in total. The van der Waals surface area contributed by atoms with E-state index in [1.54, 1.807) is 25.4 Å². The van der Waals surface area contributed by atoms with Crippen LogP contribution in [-0.4, -0.2) is 65.2 Å². The summed E-state index contributed by atoms with van der Waals surface area (Å²) in [7, 11) is 1.61. The Kier molecular flexibility index (Phi) is 7.86. The molecule has 0 radical (unpaired) electrons. The van der Waals surface area contributed by atoms with E-state index in [4.69, 9.17) is 4.74 Å². The van der Waals surface area contributed by atoms with Gasteiger partial charge in [-0.2, -0.15) is 0 Å². The van der Waals surface area contributed by atoms with Crippen LogP contribution in [0, 0.1) is 10.1 Å². The summed E-state index contributed by atoms with van der Waals surface area (Å²) in [6.07, 6.45) is 2.70. The van der Waals surface area contributed by atoms with Crippen molar-refractivity contribution in [3.63, 3.8) is 0 Å². The van der Waals surface area contributed by atoms with Crippen molar-refractivity contribution < 1.29 is 19.6 Å². The minimum Gasteiger partial charge on any atom is -0.497 e. The highest BCUT2D eigenvalue weighted by atomic mass is 16.6. The molecule has 1 fully saturated rings. The molecule has 0 bridgehead atoms. The number of hydrogen-bond donors (Lipinski definition) is 3. The van der Waals surface area contributed by atoms with Crippen molar-refractivity contribution in [1.82, 2.24) is 15.2 Å². The number of pyridine rings is 1. The van der Waals surface area contributed by atoms with Crippen LogP contribution in [-0.2, 0) is 4.79 Å². The van der Waals surface area contributed by atoms with Crippen LogP contribution in [0.5, 0.6) is 5.75 Å². The van der Waals surface area contributed by atoms with E-state index in [9.17, 15) is 20.0 Å². The van der Waals surface area contributed by atoms with Gasteiger partial charge in [-0.05, 0) is 61.8 Å². The quantitative estimate of drug-likeness (QED) is 0.316. The number of aromatic nitrogens is 1. The number of benzene rings is 2. The summed E-state index contributed by atoms with van der Waals surface area (Å²) >= 11 is 0. The molecule has 3 aromatic rings. The Balaban J connectivity index is 1.26. The third kappa shape index (κ3) is 6.10. The van der Waals surface area contributed by atoms with Gasteiger partial charge < -0.3 is 25.4 Å². The number of nitro benzene ring substituents is 1. The van der Waals surface area contributed by atoms with E-state index in [2.05, 4.69) is 20.5 Å². The number of β-amino-alcohol motifs (C(OH)–C–C–N with tert-alkyl or cyclic N) is 1. The molecule has 0 saturated carbocycles. The number of para-hydroxylation sites is 2. The molecular weight excluding hydrogens is 450 g/mol. The molecule has 1 aliphatic rings. The number of anilines is 1. The van der Waals surface area contributed by atoms with Crippen molar-refractivity contribution in [1.29, 1.82) is 0 Å². The fourth-order valence-electron chi connectivity index (χ4n) is 4.40. The molecule has 1 saturated heterocycles. The molecule has 2 aromatic carbocycles. The molecule has 10 nitrogen and oxygen atoms in total. The molecule has 1 atom stereocenters. The highest BCUT2D eigenvalue weighted by molar-refractivity contribution is 5.94. The topological polar surface area (TPSA) is 130 Å². The van der Waals surface area contributed by atoms with Crippen LogP contribution < -0.4 is 15.4 Å². The second kappa shape index (κ2) is 11.2. The summed E-state index contributed by atoms with van der Waals surface area (Å²) in [5, 5.41) is 28.8. The van der Waals surface area contributed by atoms with E-state index in [1.165, 1.54) is 12.1 Å². The van der Waals surface area contributed by atoms with Crippen molar-refractivity contribution in [3.05, 3.63) is 70.4 Å². The molecule has 0 spiro atoms. The second-order valence-electron chi connectivity index (χ2n) is 8.58. The zero-order valence-corrected chi connectivity index (χ0v) is 19.5. The maximum Gasteiger partial charge on any atom is 0.292 e. The lowest BCUT2D eigenvalue weighted by molar-refractivity contribution is -0.383. The Labute approximate surface area is 203 Å². The number of hydrogen-bond acceptors (Lipinski definition) is 8. The van der Waals surface area contributed by atoms with E-state index in [0.29, 0.717) is 6.54 Å². The van der Waals surface area contributed by atoms with Crippen LogP contribution in [0.2, 0.25) is 0 Å². The van der Waals surface area contributed by atoms with Gasteiger partial charge >= 0.3 is 0 Å². The van der Waals surface area contributed by atoms with Crippen LogP contribution in [0.25, 0.3) is 10.9 Å². The van der Waals surface area contributed by atoms with E-state index < -0.39 is 11.0 Å². The number of nitrogens with zero attached hydrogens (tertiary/aromatic N) is 3. The summed E-state index contributed by atoms with van der Waals surface area (Å²) < 4.78 is 5.32. The van der Waals surface area contributed by atoms with Crippen LogP contribution in [0.3, 0.4) is 0 Å². The van der Waals surface area contributed by atoms with Gasteiger partial charge in [-0.15, -0.1) is 0 Å². The van der Waals surface area contributed by atoms with E-state index in [-0.39, 0.29) is 29.9 Å². The van der Waals surface area contributed by atoms with Gasteiger partial charge in [0.25, 0.3) is 5.69 Å². The van der Waals surface area contributed by atoms with Gasteiger partial charge in [0, 0.05) is 30.2 Å². The van der Waals surface area contributed by atoms with Crippen molar-refractivity contribution in [3.8, 4) is 5.75 Å². The van der Waals surface area contributed by atoms with E-state index in [0.717, 1.165) is 48.1 Å². The summed E-state index contributed by atoms with van der Waals surface area (Å²) in [5.74, 6) is 0.397. The van der Waals surface area contributed by atoms with Gasteiger partial charge in [0.2, 0.25) is 5.91 Å². The number of amides is 1. The lowest BCUT2D eigenvalue weighted by atomic mass is 10.0. The molecule has 1 amide bonds. The zero-order chi connectivity index (χ0) is 24.8. The first-order valence-corrected chi connectivity index (χ1v) is 11.5. The van der Waals surface area contributed by atoms with Gasteiger partial charge in [0.1, 0.15) is 11.4 Å². The van der Waals surface area contributed by atoms with Crippen LogP contribution in [0.1, 0.15) is 24.5 Å². The number of carbonyl (C=O) groups is 1. The standard InChI is InChI=1S/C25H29N5O5/c1-35-18-6-7-21-20(14-18)19(8-11-26-21)24(31)16-29-12-9-17(10-13-29)27-15-25(32)28-22-4-2-3-5-23(22)30(33)34/h2-8,11,14,17,24,27,31H,9-10,12-13,15-16H2,1H3,(H,28,32). The predicted octanol–water partition coefficient (Wildman–Crippen LogP) is 2.88. The predicted molar refractivity (Wildman–Crippen MR) is 132 cm³/mol. The molecule has 10 heteroatoms. The first-order chi connectivity index (χ1) is 16.9. The highest BCUT2D eigenvalue weighted by Crippen LogP contribution is 2.28. The Morgan fingerprint density at radius 2 is 2.03 bits per heavy atom. The number of aliphatic hydroxyl groups is 1. The zero-order valence-electron chi connectivity index (χ0n) is 19.5. The maximum absolute atomic E-state index is 12.3. The van der Waals surface area contributed by atoms with Gasteiger partial charge in [0.05, 0.1) is 30.2 Å². The number of methoxy groups -OCH3 is 1. The average Bonchev–Trinajstić information content (AvgIpc) is 2.87. The van der Waals surface area contributed by atoms with Gasteiger partial charge in [-0.3, -0.25) is 19.9 Å². The molecule has 1 unspecified atom stereocenters. The third-order valence-electron chi connectivity index (χ3n) is 6.29. The Morgan fingerprint density at radius 3 is 2.77 bits per heavy atom. The smallest absolute Gasteiger partial charge is 0.292 e. The number of carbonyl (C=O) groups excluding carboxylic acids is 1. The molecule has 1 aromatic heterocycles. The maximum atomic E-state index is 12.3.